The molecule has 0 fully saturated rings. The van der Waals surface area contributed by atoms with Crippen molar-refractivity contribution in [3.05, 3.63) is 51.4 Å². The smallest absolute Gasteiger partial charge is 0.275 e. The average molecular weight is 256 g/mol. The van der Waals surface area contributed by atoms with Gasteiger partial charge in [-0.3, -0.25) is 9.78 Å². The van der Waals surface area contributed by atoms with Crippen molar-refractivity contribution < 1.29 is 0 Å². The fraction of sp³-hybridized carbons (Fsp3) is 0.286. The molecule has 0 aliphatic carbocycles. The molecule has 0 amide bonds. The first kappa shape index (κ1) is 11.8. The van der Waals surface area contributed by atoms with Crippen LogP contribution in [0.3, 0.4) is 0 Å². The van der Waals surface area contributed by atoms with Crippen LogP contribution in [0.5, 0.6) is 0 Å². The molecule has 0 bridgehead atoms. The van der Waals surface area contributed by atoms with Gasteiger partial charge in [0, 0.05) is 12.5 Å². The number of benzene rings is 1. The molecular formula is C14H16N4O. The number of rotatable bonds is 2. The standard InChI is InChI=1S/C14H16N4O/c1-8-4-2-3-5-9(8)6-10-7-16-12-11(10)17-14(15)18-13(12)19/h2-5,10,16H,6-7H2,1H3,(H3,15,17,18,19). The van der Waals surface area contributed by atoms with E-state index < -0.39 is 0 Å². The number of anilines is 2. The van der Waals surface area contributed by atoms with Gasteiger partial charge in [0.1, 0.15) is 5.69 Å². The van der Waals surface area contributed by atoms with Crippen LogP contribution in [-0.4, -0.2) is 16.5 Å². The quantitative estimate of drug-likeness (QED) is 0.758. The Labute approximate surface area is 110 Å². The van der Waals surface area contributed by atoms with E-state index in [4.69, 9.17) is 5.73 Å². The highest BCUT2D eigenvalue weighted by atomic mass is 16.1. The van der Waals surface area contributed by atoms with E-state index >= 15 is 0 Å². The van der Waals surface area contributed by atoms with E-state index in [9.17, 15) is 4.79 Å². The predicted octanol–water partition coefficient (Wildman–Crippen LogP) is 1.41. The Balaban J connectivity index is 1.95. The van der Waals surface area contributed by atoms with E-state index in [0.717, 1.165) is 18.7 Å². The summed E-state index contributed by atoms with van der Waals surface area (Å²) in [5.74, 6) is 0.378. The molecule has 4 N–H and O–H groups in total. The fourth-order valence-electron chi connectivity index (χ4n) is 2.57. The van der Waals surface area contributed by atoms with Crippen LogP contribution in [-0.2, 0) is 6.42 Å². The molecule has 3 rings (SSSR count). The summed E-state index contributed by atoms with van der Waals surface area (Å²) in [6.45, 7) is 2.82. The molecule has 2 heterocycles. The van der Waals surface area contributed by atoms with Crippen molar-refractivity contribution in [3.63, 3.8) is 0 Å². The molecular weight excluding hydrogens is 240 g/mol. The molecule has 98 valence electrons. The zero-order valence-corrected chi connectivity index (χ0v) is 10.7. The van der Waals surface area contributed by atoms with Crippen LogP contribution in [0.2, 0.25) is 0 Å². The lowest BCUT2D eigenvalue weighted by Gasteiger charge is -2.11. The van der Waals surface area contributed by atoms with Gasteiger partial charge in [0.25, 0.3) is 5.56 Å². The topological polar surface area (TPSA) is 83.8 Å². The molecule has 0 spiro atoms. The maximum Gasteiger partial charge on any atom is 0.275 e. The first-order valence-electron chi connectivity index (χ1n) is 6.33. The number of nitrogens with zero attached hydrogens (tertiary/aromatic N) is 1. The van der Waals surface area contributed by atoms with Crippen LogP contribution < -0.4 is 16.6 Å². The summed E-state index contributed by atoms with van der Waals surface area (Å²) in [6.07, 6.45) is 0.864. The van der Waals surface area contributed by atoms with Crippen molar-refractivity contribution >= 4 is 11.6 Å². The summed E-state index contributed by atoms with van der Waals surface area (Å²) in [5.41, 5.74) is 9.32. The molecule has 19 heavy (non-hydrogen) atoms. The Kier molecular flexibility index (Phi) is 2.74. The van der Waals surface area contributed by atoms with Crippen LogP contribution in [0.15, 0.2) is 29.1 Å². The number of aryl methyl sites for hydroxylation is 1. The van der Waals surface area contributed by atoms with E-state index in [-0.39, 0.29) is 17.4 Å². The lowest BCUT2D eigenvalue weighted by molar-refractivity contribution is 0.726. The number of nitrogens with one attached hydrogen (secondary N) is 2. The minimum Gasteiger partial charge on any atom is -0.378 e. The number of H-pyrrole nitrogens is 1. The number of hydrogen-bond acceptors (Lipinski definition) is 4. The lowest BCUT2D eigenvalue weighted by Crippen LogP contribution is -2.15. The monoisotopic (exact) mass is 256 g/mol. The minimum atomic E-state index is -0.185. The number of aromatic amines is 1. The molecule has 1 aromatic heterocycles. The third-order valence-corrected chi connectivity index (χ3v) is 3.61. The van der Waals surface area contributed by atoms with E-state index in [1.807, 2.05) is 12.1 Å². The largest absolute Gasteiger partial charge is 0.378 e. The molecule has 1 aliphatic rings. The third-order valence-electron chi connectivity index (χ3n) is 3.61. The van der Waals surface area contributed by atoms with Gasteiger partial charge in [-0.2, -0.15) is 0 Å². The first-order valence-corrected chi connectivity index (χ1v) is 6.33. The molecule has 0 saturated carbocycles. The molecule has 1 unspecified atom stereocenters. The highest BCUT2D eigenvalue weighted by molar-refractivity contribution is 5.55. The van der Waals surface area contributed by atoms with Gasteiger partial charge in [-0.1, -0.05) is 24.3 Å². The Morgan fingerprint density at radius 1 is 1.42 bits per heavy atom. The third kappa shape index (κ3) is 2.07. The van der Waals surface area contributed by atoms with Crippen molar-refractivity contribution in [3.8, 4) is 0 Å². The fourth-order valence-corrected chi connectivity index (χ4v) is 2.57. The normalized spacial score (nSPS) is 17.0. The number of aromatic nitrogens is 2. The van der Waals surface area contributed by atoms with Crippen molar-refractivity contribution in [1.82, 2.24) is 9.97 Å². The van der Waals surface area contributed by atoms with E-state index in [1.54, 1.807) is 0 Å². The van der Waals surface area contributed by atoms with E-state index in [1.165, 1.54) is 11.1 Å². The van der Waals surface area contributed by atoms with Gasteiger partial charge < -0.3 is 11.1 Å². The Morgan fingerprint density at radius 3 is 3.00 bits per heavy atom. The summed E-state index contributed by atoms with van der Waals surface area (Å²) in [6, 6.07) is 8.27. The molecule has 5 heteroatoms. The van der Waals surface area contributed by atoms with Crippen molar-refractivity contribution in [1.29, 1.82) is 0 Å². The Morgan fingerprint density at radius 2 is 2.21 bits per heavy atom. The Bertz CT molecular complexity index is 677. The van der Waals surface area contributed by atoms with E-state index in [2.05, 4.69) is 34.3 Å². The molecule has 1 aliphatic heterocycles. The van der Waals surface area contributed by atoms with Crippen molar-refractivity contribution in [2.24, 2.45) is 0 Å². The number of hydrogen-bond donors (Lipinski definition) is 3. The SMILES string of the molecule is Cc1ccccc1CC1CNc2c1nc(N)[nH]c2=O. The highest BCUT2D eigenvalue weighted by Gasteiger charge is 2.27. The van der Waals surface area contributed by atoms with Crippen LogP contribution in [0.25, 0.3) is 0 Å². The second-order valence-electron chi connectivity index (χ2n) is 4.92. The highest BCUT2D eigenvalue weighted by Crippen LogP contribution is 2.30. The summed E-state index contributed by atoms with van der Waals surface area (Å²) < 4.78 is 0. The van der Waals surface area contributed by atoms with Crippen molar-refractivity contribution in [2.75, 3.05) is 17.6 Å². The minimum absolute atomic E-state index is 0.183. The molecule has 2 aromatic rings. The van der Waals surface area contributed by atoms with Crippen molar-refractivity contribution in [2.45, 2.75) is 19.3 Å². The zero-order valence-electron chi connectivity index (χ0n) is 10.7. The van der Waals surface area contributed by atoms with Gasteiger partial charge in [0.05, 0.1) is 5.69 Å². The zero-order chi connectivity index (χ0) is 13.4. The number of nitrogen functional groups attached to an aromatic ring is 1. The molecule has 1 aromatic carbocycles. The van der Waals surface area contributed by atoms with Gasteiger partial charge in [-0.25, -0.2) is 4.98 Å². The number of fused-ring (bicyclic) bond motifs is 1. The molecule has 5 nitrogen and oxygen atoms in total. The van der Waals surface area contributed by atoms with Gasteiger partial charge in [0.2, 0.25) is 5.95 Å². The van der Waals surface area contributed by atoms with Crippen LogP contribution in [0.1, 0.15) is 22.7 Å². The predicted molar refractivity (Wildman–Crippen MR) is 75.4 cm³/mol. The second kappa shape index (κ2) is 4.42. The van der Waals surface area contributed by atoms with Gasteiger partial charge in [0.15, 0.2) is 0 Å². The first-order chi connectivity index (χ1) is 9.15. The molecule has 1 atom stereocenters. The van der Waals surface area contributed by atoms with Gasteiger partial charge in [-0.05, 0) is 24.5 Å². The number of nitrogens with two attached hydrogens (primary N) is 1. The van der Waals surface area contributed by atoms with E-state index in [0.29, 0.717) is 5.69 Å². The maximum absolute atomic E-state index is 11.8. The average Bonchev–Trinajstić information content (AvgIpc) is 2.76. The van der Waals surface area contributed by atoms with Crippen LogP contribution in [0, 0.1) is 6.92 Å². The summed E-state index contributed by atoms with van der Waals surface area (Å²) in [5, 5.41) is 3.12. The Hall–Kier alpha value is -2.30. The lowest BCUT2D eigenvalue weighted by atomic mass is 9.95. The van der Waals surface area contributed by atoms with Crippen LogP contribution >= 0.6 is 0 Å². The second-order valence-corrected chi connectivity index (χ2v) is 4.92. The van der Waals surface area contributed by atoms with Gasteiger partial charge >= 0.3 is 0 Å². The molecule has 0 radical (unpaired) electrons. The molecule has 0 saturated heterocycles. The summed E-state index contributed by atoms with van der Waals surface area (Å²) >= 11 is 0. The maximum atomic E-state index is 11.8. The summed E-state index contributed by atoms with van der Waals surface area (Å²) in [4.78, 5) is 18.6. The van der Waals surface area contributed by atoms with Gasteiger partial charge in [-0.15, -0.1) is 0 Å². The summed E-state index contributed by atoms with van der Waals surface area (Å²) in [7, 11) is 0. The van der Waals surface area contributed by atoms with Crippen LogP contribution in [0.4, 0.5) is 11.6 Å².